The molecule has 1 aliphatic carbocycles. The van der Waals surface area contributed by atoms with Crippen LogP contribution in [0.15, 0.2) is 0 Å². The summed E-state index contributed by atoms with van der Waals surface area (Å²) in [6.07, 6.45) is -3.13. The summed E-state index contributed by atoms with van der Waals surface area (Å²) in [7, 11) is 1.68. The first kappa shape index (κ1) is 14.7. The first-order valence-electron chi connectivity index (χ1n) is 5.68. The fourth-order valence-corrected chi connectivity index (χ4v) is 2.13. The Morgan fingerprint density at radius 1 is 1.35 bits per heavy atom. The average Bonchev–Trinajstić information content (AvgIpc) is 2.19. The van der Waals surface area contributed by atoms with Gasteiger partial charge in [0.25, 0.3) is 0 Å². The van der Waals surface area contributed by atoms with Crippen LogP contribution in [-0.2, 0) is 9.47 Å². The standard InChI is InChI=1S/C11H20F3NO2/c1-10(2)8(6-9(10)16-3)15-4-5-17-7-11(12,13)14/h8-9,15H,4-7H2,1-3H3. The van der Waals surface area contributed by atoms with Crippen LogP contribution in [0, 0.1) is 5.41 Å². The Balaban J connectivity index is 2.09. The van der Waals surface area contributed by atoms with E-state index in [-0.39, 0.29) is 24.2 Å². The molecule has 1 rings (SSSR count). The molecule has 0 aromatic rings. The van der Waals surface area contributed by atoms with E-state index in [0.717, 1.165) is 6.42 Å². The van der Waals surface area contributed by atoms with Crippen molar-refractivity contribution in [2.45, 2.75) is 38.6 Å². The number of ether oxygens (including phenoxy) is 2. The largest absolute Gasteiger partial charge is 0.411 e. The smallest absolute Gasteiger partial charge is 0.381 e. The predicted octanol–water partition coefficient (Wildman–Crippen LogP) is 1.97. The lowest BCUT2D eigenvalue weighted by molar-refractivity contribution is -0.174. The second kappa shape index (κ2) is 5.54. The lowest BCUT2D eigenvalue weighted by atomic mass is 9.64. The minimum atomic E-state index is -4.24. The SMILES string of the molecule is COC1CC(NCCOCC(F)(F)F)C1(C)C. The van der Waals surface area contributed by atoms with E-state index in [0.29, 0.717) is 6.54 Å². The molecule has 0 aliphatic heterocycles. The molecular formula is C11H20F3NO2. The lowest BCUT2D eigenvalue weighted by Gasteiger charge is -2.51. The summed E-state index contributed by atoms with van der Waals surface area (Å²) < 4.78 is 45.1. The number of hydrogen-bond acceptors (Lipinski definition) is 3. The van der Waals surface area contributed by atoms with Crippen LogP contribution >= 0.6 is 0 Å². The summed E-state index contributed by atoms with van der Waals surface area (Å²) in [5.41, 5.74) is 0.0266. The average molecular weight is 255 g/mol. The van der Waals surface area contributed by atoms with Crippen molar-refractivity contribution in [2.75, 3.05) is 26.9 Å². The van der Waals surface area contributed by atoms with Gasteiger partial charge < -0.3 is 14.8 Å². The monoisotopic (exact) mass is 255 g/mol. The molecule has 0 heterocycles. The van der Waals surface area contributed by atoms with Gasteiger partial charge in [0.05, 0.1) is 12.7 Å². The van der Waals surface area contributed by atoms with Crippen molar-refractivity contribution in [3.8, 4) is 0 Å². The van der Waals surface area contributed by atoms with Crippen LogP contribution in [-0.4, -0.2) is 45.2 Å². The van der Waals surface area contributed by atoms with E-state index in [1.54, 1.807) is 7.11 Å². The molecule has 1 saturated carbocycles. The van der Waals surface area contributed by atoms with Crippen LogP contribution in [0.25, 0.3) is 0 Å². The number of methoxy groups -OCH3 is 1. The Morgan fingerprint density at radius 3 is 2.47 bits per heavy atom. The van der Waals surface area contributed by atoms with Gasteiger partial charge in [0, 0.05) is 25.1 Å². The highest BCUT2D eigenvalue weighted by Gasteiger charge is 2.48. The molecular weight excluding hydrogens is 235 g/mol. The van der Waals surface area contributed by atoms with Gasteiger partial charge in [-0.3, -0.25) is 0 Å². The van der Waals surface area contributed by atoms with E-state index in [9.17, 15) is 13.2 Å². The minimum absolute atomic E-state index is 0.0266. The third-order valence-electron chi connectivity index (χ3n) is 3.37. The van der Waals surface area contributed by atoms with E-state index >= 15 is 0 Å². The van der Waals surface area contributed by atoms with Crippen molar-refractivity contribution in [1.29, 1.82) is 0 Å². The van der Waals surface area contributed by atoms with E-state index in [1.807, 2.05) is 0 Å². The Hall–Kier alpha value is -0.330. The Morgan fingerprint density at radius 2 is 2.00 bits per heavy atom. The lowest BCUT2D eigenvalue weighted by Crippen LogP contribution is -2.61. The fourth-order valence-electron chi connectivity index (χ4n) is 2.13. The maximum Gasteiger partial charge on any atom is 0.411 e. The van der Waals surface area contributed by atoms with Crippen LogP contribution in [0.1, 0.15) is 20.3 Å². The molecule has 0 amide bonds. The summed E-state index contributed by atoms with van der Waals surface area (Å²) in [5.74, 6) is 0. The highest BCUT2D eigenvalue weighted by Crippen LogP contribution is 2.42. The molecule has 1 aliphatic rings. The van der Waals surface area contributed by atoms with Crippen molar-refractivity contribution in [2.24, 2.45) is 5.41 Å². The first-order chi connectivity index (χ1) is 7.77. The van der Waals surface area contributed by atoms with E-state index in [4.69, 9.17) is 4.74 Å². The summed E-state index contributed by atoms with van der Waals surface area (Å²) in [4.78, 5) is 0. The molecule has 0 aromatic heterocycles. The number of halogens is 3. The Bertz CT molecular complexity index is 243. The molecule has 1 fully saturated rings. The van der Waals surface area contributed by atoms with Crippen LogP contribution in [0.2, 0.25) is 0 Å². The molecule has 3 nitrogen and oxygen atoms in total. The van der Waals surface area contributed by atoms with Crippen molar-refractivity contribution in [1.82, 2.24) is 5.32 Å². The number of rotatable bonds is 6. The molecule has 0 spiro atoms. The fraction of sp³-hybridized carbons (Fsp3) is 1.00. The third kappa shape index (κ3) is 4.12. The highest BCUT2D eigenvalue weighted by molar-refractivity contribution is 5.02. The number of nitrogens with one attached hydrogen (secondary N) is 1. The molecule has 0 aromatic carbocycles. The summed E-state index contributed by atoms with van der Waals surface area (Å²) in [6.45, 7) is 3.49. The predicted molar refractivity (Wildman–Crippen MR) is 57.9 cm³/mol. The molecule has 0 bridgehead atoms. The highest BCUT2D eigenvalue weighted by atomic mass is 19.4. The summed E-state index contributed by atoms with van der Waals surface area (Å²) >= 11 is 0. The van der Waals surface area contributed by atoms with Gasteiger partial charge in [0.1, 0.15) is 6.61 Å². The zero-order valence-corrected chi connectivity index (χ0v) is 10.4. The van der Waals surface area contributed by atoms with Crippen molar-refractivity contribution in [3.63, 3.8) is 0 Å². The molecule has 1 N–H and O–H groups in total. The first-order valence-corrected chi connectivity index (χ1v) is 5.68. The van der Waals surface area contributed by atoms with E-state index in [1.165, 1.54) is 0 Å². The van der Waals surface area contributed by atoms with E-state index in [2.05, 4.69) is 23.9 Å². The second-order valence-electron chi connectivity index (χ2n) is 4.96. The van der Waals surface area contributed by atoms with Gasteiger partial charge in [0.15, 0.2) is 0 Å². The maximum atomic E-state index is 11.8. The van der Waals surface area contributed by atoms with Gasteiger partial charge in [0.2, 0.25) is 0 Å². The summed E-state index contributed by atoms with van der Waals surface area (Å²) in [6, 6.07) is 0.280. The second-order valence-corrected chi connectivity index (χ2v) is 4.96. The van der Waals surface area contributed by atoms with Crippen molar-refractivity contribution >= 4 is 0 Å². The molecule has 0 saturated heterocycles. The third-order valence-corrected chi connectivity index (χ3v) is 3.37. The van der Waals surface area contributed by atoms with Gasteiger partial charge in [-0.05, 0) is 6.42 Å². The van der Waals surface area contributed by atoms with Crippen molar-refractivity contribution in [3.05, 3.63) is 0 Å². The number of hydrogen-bond donors (Lipinski definition) is 1. The van der Waals surface area contributed by atoms with Gasteiger partial charge in [-0.25, -0.2) is 0 Å². The Kier molecular flexibility index (Phi) is 4.80. The summed E-state index contributed by atoms with van der Waals surface area (Å²) in [5, 5.41) is 3.19. The molecule has 6 heteroatoms. The minimum Gasteiger partial charge on any atom is -0.381 e. The Labute approximate surface area is 99.7 Å². The van der Waals surface area contributed by atoms with Gasteiger partial charge >= 0.3 is 6.18 Å². The maximum absolute atomic E-state index is 11.8. The molecule has 2 unspecified atom stereocenters. The van der Waals surface area contributed by atoms with Crippen molar-refractivity contribution < 1.29 is 22.6 Å². The molecule has 102 valence electrons. The van der Waals surface area contributed by atoms with E-state index < -0.39 is 12.8 Å². The van der Waals surface area contributed by atoms with Crippen LogP contribution < -0.4 is 5.32 Å². The topological polar surface area (TPSA) is 30.5 Å². The van der Waals surface area contributed by atoms with Gasteiger partial charge in [-0.15, -0.1) is 0 Å². The van der Waals surface area contributed by atoms with Crippen LogP contribution in [0.3, 0.4) is 0 Å². The van der Waals surface area contributed by atoms with Gasteiger partial charge in [-0.2, -0.15) is 13.2 Å². The van der Waals surface area contributed by atoms with Crippen LogP contribution in [0.5, 0.6) is 0 Å². The zero-order chi connectivity index (χ0) is 13.1. The van der Waals surface area contributed by atoms with Gasteiger partial charge in [-0.1, -0.05) is 13.8 Å². The zero-order valence-electron chi connectivity index (χ0n) is 10.4. The molecule has 0 radical (unpaired) electrons. The number of alkyl halides is 3. The quantitative estimate of drug-likeness (QED) is 0.736. The molecule has 17 heavy (non-hydrogen) atoms. The van der Waals surface area contributed by atoms with Crippen LogP contribution in [0.4, 0.5) is 13.2 Å². The normalized spacial score (nSPS) is 27.9. The molecule has 2 atom stereocenters.